The number of anilines is 1. The van der Waals surface area contributed by atoms with Crippen molar-refractivity contribution in [3.05, 3.63) is 23.7 Å². The smallest absolute Gasteiger partial charge is 0.396 e. The molecular formula is C9H9F3N4. The van der Waals surface area contributed by atoms with Gasteiger partial charge in [0.05, 0.1) is 18.1 Å². The van der Waals surface area contributed by atoms with E-state index in [0.717, 1.165) is 10.7 Å². The maximum absolute atomic E-state index is 12.7. The number of alkyl halides is 3. The zero-order valence-corrected chi connectivity index (χ0v) is 8.41. The summed E-state index contributed by atoms with van der Waals surface area (Å²) in [5, 5.41) is 3.67. The van der Waals surface area contributed by atoms with Gasteiger partial charge in [0.15, 0.2) is 11.3 Å². The summed E-state index contributed by atoms with van der Waals surface area (Å²) in [6.07, 6.45) is -1.59. The summed E-state index contributed by atoms with van der Waals surface area (Å²) in [6.45, 7) is 1.82. The lowest BCUT2D eigenvalue weighted by atomic mass is 10.2. The first-order valence-corrected chi connectivity index (χ1v) is 4.63. The Morgan fingerprint density at radius 3 is 2.62 bits per heavy atom. The number of hydrogen-bond acceptors (Lipinski definition) is 3. The number of fused-ring (bicyclic) bond motifs is 1. The highest BCUT2D eigenvalue weighted by Gasteiger charge is 2.37. The molecule has 4 nitrogen and oxygen atoms in total. The van der Waals surface area contributed by atoms with Crippen molar-refractivity contribution in [2.45, 2.75) is 19.5 Å². The van der Waals surface area contributed by atoms with Crippen molar-refractivity contribution in [1.82, 2.24) is 14.6 Å². The molecule has 0 saturated carbocycles. The van der Waals surface area contributed by atoms with Crippen molar-refractivity contribution in [3.8, 4) is 0 Å². The molecule has 0 aliphatic heterocycles. The predicted molar refractivity (Wildman–Crippen MR) is 51.8 cm³/mol. The highest BCUT2D eigenvalue weighted by Crippen LogP contribution is 2.33. The third-order valence-corrected chi connectivity index (χ3v) is 2.28. The lowest BCUT2D eigenvalue weighted by Crippen LogP contribution is -2.16. The molecule has 2 rings (SSSR count). The molecule has 0 aromatic carbocycles. The molecule has 0 fully saturated rings. The molecule has 0 atom stereocenters. The topological polar surface area (TPSA) is 56.2 Å². The third-order valence-electron chi connectivity index (χ3n) is 2.28. The summed E-state index contributed by atoms with van der Waals surface area (Å²) in [5.41, 5.74) is 4.74. The van der Waals surface area contributed by atoms with E-state index in [9.17, 15) is 13.2 Å². The molecule has 2 aromatic heterocycles. The average molecular weight is 230 g/mol. The van der Waals surface area contributed by atoms with E-state index in [4.69, 9.17) is 5.73 Å². The summed E-state index contributed by atoms with van der Waals surface area (Å²) >= 11 is 0. The number of nitrogens with two attached hydrogens (primary N) is 1. The minimum atomic E-state index is -4.54. The Labute approximate surface area is 88.9 Å². The van der Waals surface area contributed by atoms with Gasteiger partial charge in [-0.3, -0.25) is 0 Å². The van der Waals surface area contributed by atoms with Crippen LogP contribution in [0.5, 0.6) is 0 Å². The van der Waals surface area contributed by atoms with Crippen LogP contribution in [0.25, 0.3) is 5.65 Å². The number of aryl methyl sites for hydroxylation is 1. The minimum Gasteiger partial charge on any atom is -0.396 e. The second kappa shape index (κ2) is 3.36. The van der Waals surface area contributed by atoms with Gasteiger partial charge in [-0.05, 0) is 6.42 Å². The van der Waals surface area contributed by atoms with Crippen molar-refractivity contribution in [1.29, 1.82) is 0 Å². The molecule has 0 bridgehead atoms. The fraction of sp³-hybridized carbons (Fsp3) is 0.333. The Balaban J connectivity index is 2.81. The SMILES string of the molecule is CCc1cnn2c(C(F)(F)F)c(N)cnc12. The molecule has 0 aliphatic carbocycles. The van der Waals surface area contributed by atoms with Crippen LogP contribution in [0.2, 0.25) is 0 Å². The molecule has 0 spiro atoms. The number of aromatic nitrogens is 3. The Morgan fingerprint density at radius 2 is 2.06 bits per heavy atom. The third kappa shape index (κ3) is 1.48. The van der Waals surface area contributed by atoms with Crippen LogP contribution in [0, 0.1) is 0 Å². The van der Waals surface area contributed by atoms with E-state index in [0.29, 0.717) is 12.0 Å². The molecule has 2 N–H and O–H groups in total. The lowest BCUT2D eigenvalue weighted by Gasteiger charge is -2.10. The standard InChI is InChI=1S/C9H9F3N4/c1-2-5-3-15-16-7(9(10,11)12)6(13)4-14-8(5)16/h3-4H,2,13H2,1H3. The normalized spacial score (nSPS) is 12.2. The predicted octanol–water partition coefficient (Wildman–Crippen LogP) is 1.89. The second-order valence-electron chi connectivity index (χ2n) is 3.32. The van der Waals surface area contributed by atoms with Crippen molar-refractivity contribution < 1.29 is 13.2 Å². The molecule has 0 amide bonds. The van der Waals surface area contributed by atoms with Crippen LogP contribution in [0.15, 0.2) is 12.4 Å². The second-order valence-corrected chi connectivity index (χ2v) is 3.32. The van der Waals surface area contributed by atoms with Gasteiger partial charge in [0, 0.05) is 5.56 Å². The Morgan fingerprint density at radius 1 is 1.38 bits per heavy atom. The van der Waals surface area contributed by atoms with Crippen LogP contribution in [0.1, 0.15) is 18.2 Å². The highest BCUT2D eigenvalue weighted by molar-refractivity contribution is 5.54. The first-order valence-electron chi connectivity index (χ1n) is 4.63. The molecule has 2 aromatic rings. The minimum absolute atomic E-state index is 0.198. The van der Waals surface area contributed by atoms with Crippen molar-refractivity contribution in [3.63, 3.8) is 0 Å². The van der Waals surface area contributed by atoms with Gasteiger partial charge in [-0.25, -0.2) is 9.50 Å². The van der Waals surface area contributed by atoms with E-state index in [-0.39, 0.29) is 5.65 Å². The molecule has 0 unspecified atom stereocenters. The molecule has 16 heavy (non-hydrogen) atoms. The highest BCUT2D eigenvalue weighted by atomic mass is 19.4. The van der Waals surface area contributed by atoms with Crippen molar-refractivity contribution in [2.75, 3.05) is 5.73 Å². The molecule has 2 heterocycles. The lowest BCUT2D eigenvalue weighted by molar-refractivity contribution is -0.141. The van der Waals surface area contributed by atoms with Crippen molar-refractivity contribution >= 4 is 11.3 Å². The van der Waals surface area contributed by atoms with Gasteiger partial charge in [0.2, 0.25) is 0 Å². The number of halogens is 3. The maximum atomic E-state index is 12.7. The van der Waals surface area contributed by atoms with Crippen molar-refractivity contribution in [2.24, 2.45) is 0 Å². The average Bonchev–Trinajstić information content (AvgIpc) is 2.57. The molecule has 0 aliphatic rings. The van der Waals surface area contributed by atoms with Crippen LogP contribution in [-0.2, 0) is 12.6 Å². The largest absolute Gasteiger partial charge is 0.435 e. The van der Waals surface area contributed by atoms with Gasteiger partial charge in [-0.15, -0.1) is 0 Å². The van der Waals surface area contributed by atoms with E-state index in [2.05, 4.69) is 10.1 Å². The Hall–Kier alpha value is -1.79. The number of rotatable bonds is 1. The molecule has 0 saturated heterocycles. The number of hydrogen-bond donors (Lipinski definition) is 1. The van der Waals surface area contributed by atoms with E-state index in [1.165, 1.54) is 6.20 Å². The summed E-state index contributed by atoms with van der Waals surface area (Å²) in [4.78, 5) is 3.86. The fourth-order valence-electron chi connectivity index (χ4n) is 1.52. The Bertz CT molecular complexity index is 529. The van der Waals surface area contributed by atoms with Gasteiger partial charge in [0.1, 0.15) is 0 Å². The van der Waals surface area contributed by atoms with Gasteiger partial charge in [-0.2, -0.15) is 18.3 Å². The van der Waals surface area contributed by atoms with Crippen LogP contribution >= 0.6 is 0 Å². The molecule has 86 valence electrons. The van der Waals surface area contributed by atoms with Crippen LogP contribution in [0.4, 0.5) is 18.9 Å². The zero-order chi connectivity index (χ0) is 11.9. The van der Waals surface area contributed by atoms with Crippen LogP contribution in [0.3, 0.4) is 0 Å². The van der Waals surface area contributed by atoms with Gasteiger partial charge < -0.3 is 5.73 Å². The monoisotopic (exact) mass is 230 g/mol. The summed E-state index contributed by atoms with van der Waals surface area (Å²) < 4.78 is 38.9. The van der Waals surface area contributed by atoms with Gasteiger partial charge >= 0.3 is 6.18 Å². The number of nitrogens with zero attached hydrogens (tertiary/aromatic N) is 3. The quantitative estimate of drug-likeness (QED) is 0.813. The fourth-order valence-corrected chi connectivity index (χ4v) is 1.52. The first kappa shape index (κ1) is 10.7. The number of nitrogen functional groups attached to an aromatic ring is 1. The summed E-state index contributed by atoms with van der Waals surface area (Å²) in [5.74, 6) is 0. The molecular weight excluding hydrogens is 221 g/mol. The van der Waals surface area contributed by atoms with E-state index >= 15 is 0 Å². The van der Waals surface area contributed by atoms with Gasteiger partial charge in [-0.1, -0.05) is 6.92 Å². The first-order chi connectivity index (χ1) is 7.45. The van der Waals surface area contributed by atoms with E-state index in [1.807, 2.05) is 6.92 Å². The Kier molecular flexibility index (Phi) is 2.25. The molecule has 7 heteroatoms. The maximum Gasteiger partial charge on any atom is 0.435 e. The van der Waals surface area contributed by atoms with Crippen LogP contribution < -0.4 is 5.73 Å². The van der Waals surface area contributed by atoms with E-state index < -0.39 is 17.6 Å². The summed E-state index contributed by atoms with van der Waals surface area (Å²) in [7, 11) is 0. The van der Waals surface area contributed by atoms with E-state index in [1.54, 1.807) is 0 Å². The summed E-state index contributed by atoms with van der Waals surface area (Å²) in [6, 6.07) is 0. The zero-order valence-electron chi connectivity index (χ0n) is 8.41. The van der Waals surface area contributed by atoms with Crippen LogP contribution in [-0.4, -0.2) is 14.6 Å². The molecule has 0 radical (unpaired) electrons. The van der Waals surface area contributed by atoms with Gasteiger partial charge in [0.25, 0.3) is 0 Å².